The van der Waals surface area contributed by atoms with Crippen molar-refractivity contribution in [2.24, 2.45) is 0 Å². The average molecular weight is 529 g/mol. The van der Waals surface area contributed by atoms with Gasteiger partial charge in [0.2, 0.25) is 0 Å². The van der Waals surface area contributed by atoms with Crippen LogP contribution in [0, 0.1) is 0 Å². The van der Waals surface area contributed by atoms with Gasteiger partial charge in [0.1, 0.15) is 0 Å². The minimum Gasteiger partial charge on any atom is -0.309 e. The summed E-state index contributed by atoms with van der Waals surface area (Å²) in [5.74, 6) is 1.59. The highest BCUT2D eigenvalue weighted by molar-refractivity contribution is 7.57. The third-order valence-corrected chi connectivity index (χ3v) is 9.12. The quantitative estimate of drug-likeness (QED) is 0.0687. The highest BCUT2D eigenvalue weighted by Crippen LogP contribution is 2.47. The summed E-state index contributed by atoms with van der Waals surface area (Å²) >= 11 is 0. The highest BCUT2D eigenvalue weighted by atomic mass is 31.2. The van der Waals surface area contributed by atoms with Gasteiger partial charge in [0, 0.05) is 20.0 Å². The van der Waals surface area contributed by atoms with Crippen LogP contribution in [0.3, 0.4) is 0 Å². The molecule has 0 amide bonds. The summed E-state index contributed by atoms with van der Waals surface area (Å²) in [7, 11) is -0.109. The van der Waals surface area contributed by atoms with Crippen LogP contribution in [0.4, 0.5) is 0 Å². The Kier molecular flexibility index (Phi) is 29.4. The first-order chi connectivity index (χ1) is 17.7. The molecule has 36 heavy (non-hydrogen) atoms. The van der Waals surface area contributed by atoms with E-state index in [1.54, 1.807) is 5.82 Å². The van der Waals surface area contributed by atoms with Crippen LogP contribution in [0.2, 0.25) is 0 Å². The lowest BCUT2D eigenvalue weighted by atomic mass is 10.0. The van der Waals surface area contributed by atoms with Crippen molar-refractivity contribution in [2.75, 3.05) is 14.2 Å². The predicted molar refractivity (Wildman–Crippen MR) is 161 cm³/mol. The number of hydrogen-bond acceptors (Lipinski definition) is 3. The molecule has 3 nitrogen and oxygen atoms in total. The van der Waals surface area contributed by atoms with Crippen LogP contribution >= 0.6 is 7.60 Å². The summed E-state index contributed by atoms with van der Waals surface area (Å²) in [6, 6.07) is 0. The Balaban J connectivity index is 3.13. The third kappa shape index (κ3) is 26.9. The zero-order chi connectivity index (χ0) is 26.4. The lowest BCUT2D eigenvalue weighted by molar-refractivity contribution is 0.286. The average Bonchev–Trinajstić information content (AvgIpc) is 2.90. The smallest absolute Gasteiger partial charge is 0.309 e. The van der Waals surface area contributed by atoms with Crippen molar-refractivity contribution in [2.45, 2.75) is 180 Å². The Hall–Kier alpha value is -0.110. The zero-order valence-electron chi connectivity index (χ0n) is 24.9. The van der Waals surface area contributed by atoms with Gasteiger partial charge < -0.3 is 9.05 Å². The molecule has 0 aliphatic carbocycles. The molecule has 0 saturated heterocycles. The molecule has 0 aromatic rings. The molecule has 0 aromatic heterocycles. The molecular weight excluding hydrogens is 463 g/mol. The van der Waals surface area contributed by atoms with Crippen LogP contribution in [0.1, 0.15) is 180 Å². The molecule has 0 aliphatic heterocycles. The second-order valence-electron chi connectivity index (χ2n) is 10.9. The fraction of sp³-hybridized carbons (Fsp3) is 0.938. The number of allylic oxidation sites excluding steroid dienone is 1. The van der Waals surface area contributed by atoms with Gasteiger partial charge in [0.25, 0.3) is 0 Å². The molecule has 0 aliphatic rings. The van der Waals surface area contributed by atoms with E-state index in [9.17, 15) is 4.57 Å². The normalized spacial score (nSPS) is 12.2. The van der Waals surface area contributed by atoms with Gasteiger partial charge in [-0.2, -0.15) is 0 Å². The number of rotatable bonds is 30. The first-order valence-electron chi connectivity index (χ1n) is 16.1. The zero-order valence-corrected chi connectivity index (χ0v) is 25.8. The van der Waals surface area contributed by atoms with Gasteiger partial charge in [-0.05, 0) is 12.8 Å². The minimum atomic E-state index is -2.96. The fourth-order valence-corrected chi connectivity index (χ4v) is 5.78. The number of unbranched alkanes of at least 4 members (excludes halogenated alkanes) is 26. The second kappa shape index (κ2) is 29.4. The van der Waals surface area contributed by atoms with Crippen LogP contribution in [-0.2, 0) is 13.6 Å². The minimum absolute atomic E-state index is 0.954. The standard InChI is InChI=1S/C32H65O3P/c1-4-5-6-7-8-9-10-11-12-13-14-15-16-17-18-19-20-21-22-23-24-25-26-27-28-29-30-31-32-36(33,34-2)35-3/h31-32H,4-30H2,1-3H3/b32-31+. The molecule has 0 heterocycles. The predicted octanol–water partition coefficient (Wildman–Crippen LogP) is 12.5. The Bertz CT molecular complexity index is 484. The van der Waals surface area contributed by atoms with Crippen LogP contribution in [-0.4, -0.2) is 14.2 Å². The summed E-state index contributed by atoms with van der Waals surface area (Å²) in [5, 5.41) is 0. The van der Waals surface area contributed by atoms with Gasteiger partial charge in [-0.1, -0.05) is 174 Å². The van der Waals surface area contributed by atoms with Crippen LogP contribution in [0.5, 0.6) is 0 Å². The Morgan fingerprint density at radius 1 is 0.444 bits per heavy atom. The largest absolute Gasteiger partial charge is 0.353 e. The van der Waals surface area contributed by atoms with Gasteiger partial charge in [-0.15, -0.1) is 0 Å². The van der Waals surface area contributed by atoms with Crippen LogP contribution < -0.4 is 0 Å². The molecule has 0 radical (unpaired) electrons. The lowest BCUT2D eigenvalue weighted by Gasteiger charge is -2.07. The van der Waals surface area contributed by atoms with Crippen LogP contribution in [0.25, 0.3) is 0 Å². The van der Waals surface area contributed by atoms with Gasteiger partial charge in [-0.25, -0.2) is 0 Å². The monoisotopic (exact) mass is 528 g/mol. The molecule has 0 rings (SSSR count). The van der Waals surface area contributed by atoms with Gasteiger partial charge in [-0.3, -0.25) is 4.57 Å². The van der Waals surface area contributed by atoms with E-state index in [4.69, 9.17) is 9.05 Å². The van der Waals surface area contributed by atoms with E-state index in [1.807, 2.05) is 6.08 Å². The second-order valence-corrected chi connectivity index (χ2v) is 13.0. The van der Waals surface area contributed by atoms with Gasteiger partial charge in [0.05, 0.1) is 0 Å². The van der Waals surface area contributed by atoms with Gasteiger partial charge >= 0.3 is 7.60 Å². The van der Waals surface area contributed by atoms with Crippen molar-refractivity contribution < 1.29 is 13.6 Å². The molecule has 0 N–H and O–H groups in total. The van der Waals surface area contributed by atoms with Crippen molar-refractivity contribution in [3.8, 4) is 0 Å². The molecule has 4 heteroatoms. The first kappa shape index (κ1) is 35.9. The summed E-state index contributed by atoms with van der Waals surface area (Å²) in [6.45, 7) is 2.30. The molecule has 0 saturated carbocycles. The van der Waals surface area contributed by atoms with Crippen molar-refractivity contribution in [1.29, 1.82) is 0 Å². The highest BCUT2D eigenvalue weighted by Gasteiger charge is 2.14. The Morgan fingerprint density at radius 2 is 0.694 bits per heavy atom. The summed E-state index contributed by atoms with van der Waals surface area (Å²) < 4.78 is 21.7. The van der Waals surface area contributed by atoms with E-state index in [-0.39, 0.29) is 0 Å². The maximum absolute atomic E-state index is 11.9. The van der Waals surface area contributed by atoms with Crippen molar-refractivity contribution in [3.63, 3.8) is 0 Å². The van der Waals surface area contributed by atoms with E-state index in [2.05, 4.69) is 6.92 Å². The maximum Gasteiger partial charge on any atom is 0.353 e. The molecule has 0 unspecified atom stereocenters. The van der Waals surface area contributed by atoms with Gasteiger partial charge in [0.15, 0.2) is 0 Å². The van der Waals surface area contributed by atoms with E-state index in [0.717, 1.165) is 12.8 Å². The summed E-state index contributed by atoms with van der Waals surface area (Å²) in [5.41, 5.74) is 0. The van der Waals surface area contributed by atoms with E-state index in [1.165, 1.54) is 175 Å². The summed E-state index contributed by atoms with van der Waals surface area (Å²) in [6.07, 6.45) is 39.9. The van der Waals surface area contributed by atoms with Crippen LogP contribution in [0.15, 0.2) is 11.9 Å². The molecule has 0 aromatic carbocycles. The SMILES string of the molecule is CCCCCCCCCCCCCCCCCCCCCCCCCCCC/C=C/P(=O)(OC)OC. The maximum atomic E-state index is 11.9. The van der Waals surface area contributed by atoms with E-state index < -0.39 is 7.60 Å². The fourth-order valence-electron chi connectivity index (χ4n) is 4.98. The Labute approximate surface area is 227 Å². The Morgan fingerprint density at radius 3 is 0.944 bits per heavy atom. The number of hydrogen-bond donors (Lipinski definition) is 0. The topological polar surface area (TPSA) is 35.5 Å². The molecule has 0 atom stereocenters. The molecular formula is C32H65O3P. The third-order valence-electron chi connectivity index (χ3n) is 7.52. The molecule has 0 fully saturated rings. The van der Waals surface area contributed by atoms with Crippen molar-refractivity contribution in [1.82, 2.24) is 0 Å². The lowest BCUT2D eigenvalue weighted by Crippen LogP contribution is -1.85. The molecule has 0 spiro atoms. The van der Waals surface area contributed by atoms with Crippen molar-refractivity contribution >= 4 is 7.60 Å². The molecule has 0 bridgehead atoms. The van der Waals surface area contributed by atoms with E-state index >= 15 is 0 Å². The molecule has 216 valence electrons. The van der Waals surface area contributed by atoms with Crippen molar-refractivity contribution in [3.05, 3.63) is 11.9 Å². The van der Waals surface area contributed by atoms with E-state index in [0.29, 0.717) is 0 Å². The first-order valence-corrected chi connectivity index (χ1v) is 17.7. The summed E-state index contributed by atoms with van der Waals surface area (Å²) in [4.78, 5) is 0.